The van der Waals surface area contributed by atoms with Crippen LogP contribution in [0.3, 0.4) is 0 Å². The van der Waals surface area contributed by atoms with Crippen LogP contribution >= 0.6 is 11.6 Å². The molecule has 3 atom stereocenters. The smallest absolute Gasteiger partial charge is 0.203 e. The first-order chi connectivity index (χ1) is 15.7. The van der Waals surface area contributed by atoms with Crippen LogP contribution < -0.4 is 0 Å². The van der Waals surface area contributed by atoms with E-state index in [1.54, 1.807) is 38.2 Å². The molecule has 1 aliphatic rings. The first-order valence-corrected chi connectivity index (χ1v) is 12.6. The maximum atomic E-state index is 13.7. The van der Waals surface area contributed by atoms with Crippen molar-refractivity contribution >= 4 is 27.8 Å². The number of aliphatic hydroxyl groups is 1. The molecule has 3 aromatic rings. The number of aliphatic imine (C=N–C) groups is 1. The predicted molar refractivity (Wildman–Crippen MR) is 129 cm³/mol. The van der Waals surface area contributed by atoms with Crippen molar-refractivity contribution in [3.05, 3.63) is 82.1 Å². The van der Waals surface area contributed by atoms with Gasteiger partial charge >= 0.3 is 0 Å². The lowest BCUT2D eigenvalue weighted by atomic mass is 10.0. The molecule has 1 N–H and O–H groups in total. The predicted octanol–water partition coefficient (Wildman–Crippen LogP) is 3.48. The molecule has 2 heterocycles. The van der Waals surface area contributed by atoms with Gasteiger partial charge in [0, 0.05) is 12.6 Å². The van der Waals surface area contributed by atoms with Gasteiger partial charge in [-0.1, -0.05) is 59.6 Å². The second-order valence-corrected chi connectivity index (χ2v) is 10.7. The Morgan fingerprint density at radius 1 is 1.09 bits per heavy atom. The minimum atomic E-state index is -3.84. The van der Waals surface area contributed by atoms with Gasteiger partial charge in [0.2, 0.25) is 9.84 Å². The number of aromatic nitrogens is 2. The number of halogens is 1. The van der Waals surface area contributed by atoms with Gasteiger partial charge in [0.1, 0.15) is 5.15 Å². The van der Waals surface area contributed by atoms with E-state index < -0.39 is 27.3 Å². The van der Waals surface area contributed by atoms with Gasteiger partial charge in [-0.25, -0.2) is 8.42 Å². The van der Waals surface area contributed by atoms with Crippen molar-refractivity contribution in [2.45, 2.75) is 42.6 Å². The molecular formula is C24H27ClN4O3S. The Labute approximate surface area is 199 Å². The van der Waals surface area contributed by atoms with Crippen LogP contribution in [0.5, 0.6) is 0 Å². The van der Waals surface area contributed by atoms with Crippen LogP contribution in [0.15, 0.2) is 64.5 Å². The summed E-state index contributed by atoms with van der Waals surface area (Å²) >= 11 is 6.61. The average molecular weight is 487 g/mol. The molecule has 7 nitrogen and oxygen atoms in total. The van der Waals surface area contributed by atoms with Gasteiger partial charge < -0.3 is 10.0 Å². The third kappa shape index (κ3) is 4.43. The zero-order chi connectivity index (χ0) is 23.8. The summed E-state index contributed by atoms with van der Waals surface area (Å²) in [6.07, 6.45) is 2.06. The molecule has 33 heavy (non-hydrogen) atoms. The Balaban J connectivity index is 1.79. The summed E-state index contributed by atoms with van der Waals surface area (Å²) in [7, 11) is -2.12. The summed E-state index contributed by atoms with van der Waals surface area (Å²) in [6, 6.07) is 15.4. The highest BCUT2D eigenvalue weighted by Crippen LogP contribution is 2.41. The Morgan fingerprint density at radius 3 is 2.33 bits per heavy atom. The zero-order valence-corrected chi connectivity index (χ0v) is 20.3. The van der Waals surface area contributed by atoms with Gasteiger partial charge in [-0.15, -0.1) is 0 Å². The van der Waals surface area contributed by atoms with E-state index in [2.05, 4.69) is 10.1 Å². The number of hydrogen-bond donors (Lipinski definition) is 1. The summed E-state index contributed by atoms with van der Waals surface area (Å²) in [6.45, 7) is 3.53. The van der Waals surface area contributed by atoms with E-state index in [-0.39, 0.29) is 11.5 Å². The zero-order valence-electron chi connectivity index (χ0n) is 18.8. The Kier molecular flexibility index (Phi) is 6.61. The number of aliphatic hydroxyl groups excluding tert-OH is 1. The van der Waals surface area contributed by atoms with Crippen molar-refractivity contribution in [2.24, 2.45) is 12.0 Å². The molecule has 1 aromatic heterocycles. The van der Waals surface area contributed by atoms with E-state index in [1.807, 2.05) is 42.2 Å². The summed E-state index contributed by atoms with van der Waals surface area (Å²) in [5.74, 6) is 0. The van der Waals surface area contributed by atoms with Crippen molar-refractivity contribution in [3.8, 4) is 0 Å². The number of aryl methyl sites for hydroxylation is 3. The van der Waals surface area contributed by atoms with Gasteiger partial charge in [0.15, 0.2) is 5.37 Å². The SMILES string of the molecule is Cc1ccc(S(=O)(=O)C2N=CN([C@H](CO)Cc3ccccc3)C2c2c(C)nn(C)c2Cl)cc1. The van der Waals surface area contributed by atoms with Gasteiger partial charge in [-0.2, -0.15) is 5.10 Å². The largest absolute Gasteiger partial charge is 0.394 e. The van der Waals surface area contributed by atoms with Gasteiger partial charge in [-0.3, -0.25) is 9.67 Å². The molecule has 0 aliphatic carbocycles. The molecule has 2 unspecified atom stereocenters. The second kappa shape index (κ2) is 9.29. The lowest BCUT2D eigenvalue weighted by Gasteiger charge is -2.34. The first-order valence-electron chi connectivity index (χ1n) is 10.7. The van der Waals surface area contributed by atoms with E-state index in [0.29, 0.717) is 22.8 Å². The molecule has 4 rings (SSSR count). The number of nitrogens with zero attached hydrogens (tertiary/aromatic N) is 4. The quantitative estimate of drug-likeness (QED) is 0.552. The van der Waals surface area contributed by atoms with E-state index in [1.165, 1.54) is 11.0 Å². The number of benzene rings is 2. The number of sulfone groups is 1. The lowest BCUT2D eigenvalue weighted by Crippen LogP contribution is -2.43. The van der Waals surface area contributed by atoms with Crippen molar-refractivity contribution in [1.29, 1.82) is 0 Å². The van der Waals surface area contributed by atoms with E-state index in [4.69, 9.17) is 11.6 Å². The highest BCUT2D eigenvalue weighted by molar-refractivity contribution is 7.92. The van der Waals surface area contributed by atoms with Crippen LogP contribution in [0.2, 0.25) is 5.15 Å². The van der Waals surface area contributed by atoms with E-state index in [9.17, 15) is 13.5 Å². The van der Waals surface area contributed by atoms with Crippen LogP contribution in [0.4, 0.5) is 0 Å². The fourth-order valence-electron chi connectivity index (χ4n) is 4.31. The molecule has 0 spiro atoms. The highest BCUT2D eigenvalue weighted by Gasteiger charge is 2.46. The summed E-state index contributed by atoms with van der Waals surface area (Å²) < 4.78 is 28.9. The molecule has 0 radical (unpaired) electrons. The number of rotatable bonds is 7. The van der Waals surface area contributed by atoms with Gasteiger partial charge in [0.25, 0.3) is 0 Å². The van der Waals surface area contributed by atoms with Crippen molar-refractivity contribution < 1.29 is 13.5 Å². The fraction of sp³-hybridized carbons (Fsp3) is 0.333. The first kappa shape index (κ1) is 23.5. The third-order valence-corrected chi connectivity index (χ3v) is 8.44. The van der Waals surface area contributed by atoms with Crippen LogP contribution in [-0.2, 0) is 23.3 Å². The Hall–Kier alpha value is -2.68. The average Bonchev–Trinajstić information content (AvgIpc) is 3.33. The van der Waals surface area contributed by atoms with Crippen molar-refractivity contribution in [2.75, 3.05) is 6.61 Å². The van der Waals surface area contributed by atoms with E-state index in [0.717, 1.165) is 11.1 Å². The molecule has 0 amide bonds. The minimum absolute atomic E-state index is 0.175. The van der Waals surface area contributed by atoms with Crippen LogP contribution in [-0.4, -0.2) is 52.6 Å². The fourth-order valence-corrected chi connectivity index (χ4v) is 6.22. The Bertz CT molecular complexity index is 1260. The minimum Gasteiger partial charge on any atom is -0.394 e. The van der Waals surface area contributed by atoms with Crippen molar-refractivity contribution in [3.63, 3.8) is 0 Å². The third-order valence-electron chi connectivity index (χ3n) is 6.04. The van der Waals surface area contributed by atoms with Crippen LogP contribution in [0, 0.1) is 13.8 Å². The molecule has 9 heteroatoms. The van der Waals surface area contributed by atoms with Gasteiger partial charge in [0.05, 0.1) is 35.6 Å². The molecule has 0 saturated carbocycles. The Morgan fingerprint density at radius 2 is 1.76 bits per heavy atom. The van der Waals surface area contributed by atoms with E-state index >= 15 is 0 Å². The molecular weight excluding hydrogens is 460 g/mol. The molecule has 0 saturated heterocycles. The van der Waals surface area contributed by atoms with Crippen molar-refractivity contribution in [1.82, 2.24) is 14.7 Å². The molecule has 1 aliphatic heterocycles. The number of hydrogen-bond acceptors (Lipinski definition) is 6. The summed E-state index contributed by atoms with van der Waals surface area (Å²) in [5.41, 5.74) is 3.23. The molecule has 0 bridgehead atoms. The highest BCUT2D eigenvalue weighted by atomic mass is 35.5. The van der Waals surface area contributed by atoms with Crippen LogP contribution in [0.25, 0.3) is 0 Å². The van der Waals surface area contributed by atoms with Gasteiger partial charge in [-0.05, 0) is 38.0 Å². The monoisotopic (exact) mass is 486 g/mol. The maximum absolute atomic E-state index is 13.7. The maximum Gasteiger partial charge on any atom is 0.203 e. The summed E-state index contributed by atoms with van der Waals surface area (Å²) in [4.78, 5) is 6.47. The standard InChI is InChI=1S/C24H27ClN4O3S/c1-16-9-11-20(12-10-16)33(31,32)24-22(21-17(2)27-28(3)23(21)25)29(15-26-24)19(14-30)13-18-7-5-4-6-8-18/h4-12,15,19,22,24,30H,13-14H2,1-3H3/t19-,22?,24?/m0/s1. The second-order valence-electron chi connectivity index (χ2n) is 8.34. The van der Waals surface area contributed by atoms with Crippen LogP contribution in [0.1, 0.15) is 28.4 Å². The molecule has 2 aromatic carbocycles. The summed E-state index contributed by atoms with van der Waals surface area (Å²) in [5, 5.41) is 13.9. The lowest BCUT2D eigenvalue weighted by molar-refractivity contribution is 0.158. The molecule has 0 fully saturated rings. The molecule has 174 valence electrons. The normalized spacial score (nSPS) is 19.2. The topological polar surface area (TPSA) is 87.8 Å².